The number of methoxy groups -OCH3 is 2. The Morgan fingerprint density at radius 3 is 2.35 bits per heavy atom. The van der Waals surface area contributed by atoms with Crippen molar-refractivity contribution in [3.8, 4) is 11.5 Å². The predicted octanol–water partition coefficient (Wildman–Crippen LogP) is 2.32. The van der Waals surface area contributed by atoms with E-state index in [0.29, 0.717) is 11.8 Å². The SMILES string of the molecule is COc1cc2c(cc1OC)N(C(=O)C1CCC1)CC(N(C)C)C2. The van der Waals surface area contributed by atoms with Crippen LogP contribution in [0.4, 0.5) is 5.69 Å². The largest absolute Gasteiger partial charge is 0.493 e. The Labute approximate surface area is 138 Å². The topological polar surface area (TPSA) is 42.0 Å². The van der Waals surface area contributed by atoms with Crippen LogP contribution in [0.25, 0.3) is 0 Å². The minimum atomic E-state index is 0.192. The first-order chi connectivity index (χ1) is 11.0. The quantitative estimate of drug-likeness (QED) is 0.854. The lowest BCUT2D eigenvalue weighted by molar-refractivity contribution is -0.125. The van der Waals surface area contributed by atoms with E-state index in [1.165, 1.54) is 6.42 Å². The fourth-order valence-electron chi connectivity index (χ4n) is 3.38. The minimum absolute atomic E-state index is 0.192. The number of ether oxygens (including phenoxy) is 2. The molecule has 2 aliphatic rings. The fraction of sp³-hybridized carbons (Fsp3) is 0.611. The number of fused-ring (bicyclic) bond motifs is 1. The molecule has 0 N–H and O–H groups in total. The summed E-state index contributed by atoms with van der Waals surface area (Å²) >= 11 is 0. The zero-order chi connectivity index (χ0) is 16.6. The number of anilines is 1. The second-order valence-electron chi connectivity index (χ2n) is 6.73. The van der Waals surface area contributed by atoms with Gasteiger partial charge in [-0.3, -0.25) is 4.79 Å². The molecule has 0 saturated heterocycles. The van der Waals surface area contributed by atoms with Crippen molar-refractivity contribution in [3.63, 3.8) is 0 Å². The second kappa shape index (κ2) is 6.40. The second-order valence-corrected chi connectivity index (χ2v) is 6.73. The molecule has 0 spiro atoms. The van der Waals surface area contributed by atoms with E-state index in [4.69, 9.17) is 9.47 Å². The van der Waals surface area contributed by atoms with E-state index >= 15 is 0 Å². The highest BCUT2D eigenvalue weighted by molar-refractivity contribution is 5.97. The van der Waals surface area contributed by atoms with Gasteiger partial charge in [0.2, 0.25) is 5.91 Å². The third kappa shape index (κ3) is 2.90. The molecule has 1 aromatic rings. The molecule has 1 fully saturated rings. The third-order valence-corrected chi connectivity index (χ3v) is 5.18. The zero-order valence-corrected chi connectivity index (χ0v) is 14.5. The van der Waals surface area contributed by atoms with Gasteiger partial charge in [-0.15, -0.1) is 0 Å². The molecule has 126 valence electrons. The van der Waals surface area contributed by atoms with Crippen LogP contribution in [-0.4, -0.2) is 51.7 Å². The van der Waals surface area contributed by atoms with Crippen molar-refractivity contribution in [2.24, 2.45) is 5.92 Å². The molecule has 1 amide bonds. The molecular formula is C18H26N2O3. The van der Waals surface area contributed by atoms with Crippen molar-refractivity contribution in [1.82, 2.24) is 4.90 Å². The average Bonchev–Trinajstić information content (AvgIpc) is 2.50. The first kappa shape index (κ1) is 16.1. The van der Waals surface area contributed by atoms with E-state index < -0.39 is 0 Å². The van der Waals surface area contributed by atoms with Crippen molar-refractivity contribution in [3.05, 3.63) is 17.7 Å². The number of hydrogen-bond donors (Lipinski definition) is 0. The molecule has 1 heterocycles. The maximum atomic E-state index is 12.9. The van der Waals surface area contributed by atoms with Crippen LogP contribution in [0.3, 0.4) is 0 Å². The Kier molecular flexibility index (Phi) is 4.48. The predicted molar refractivity (Wildman–Crippen MR) is 90.4 cm³/mol. The van der Waals surface area contributed by atoms with Gasteiger partial charge in [0.05, 0.1) is 19.9 Å². The molecule has 0 aromatic heterocycles. The summed E-state index contributed by atoms with van der Waals surface area (Å²) in [6.07, 6.45) is 4.12. The Balaban J connectivity index is 2.01. The highest BCUT2D eigenvalue weighted by Gasteiger charge is 2.36. The molecule has 1 unspecified atom stereocenters. The van der Waals surface area contributed by atoms with E-state index in [-0.39, 0.29) is 11.8 Å². The van der Waals surface area contributed by atoms with Gasteiger partial charge in [0, 0.05) is 24.6 Å². The normalized spacial score (nSPS) is 20.9. The van der Waals surface area contributed by atoms with Crippen molar-refractivity contribution < 1.29 is 14.3 Å². The van der Waals surface area contributed by atoms with Gasteiger partial charge in [-0.1, -0.05) is 6.42 Å². The van der Waals surface area contributed by atoms with Gasteiger partial charge in [0.1, 0.15) is 0 Å². The summed E-state index contributed by atoms with van der Waals surface area (Å²) in [5.74, 6) is 1.86. The lowest BCUT2D eigenvalue weighted by Gasteiger charge is -2.40. The highest BCUT2D eigenvalue weighted by atomic mass is 16.5. The van der Waals surface area contributed by atoms with Crippen LogP contribution in [0.15, 0.2) is 12.1 Å². The summed E-state index contributed by atoms with van der Waals surface area (Å²) in [6.45, 7) is 0.741. The van der Waals surface area contributed by atoms with Crippen molar-refractivity contribution in [2.75, 3.05) is 39.8 Å². The fourth-order valence-corrected chi connectivity index (χ4v) is 3.38. The third-order valence-electron chi connectivity index (χ3n) is 5.18. The first-order valence-corrected chi connectivity index (χ1v) is 8.27. The van der Waals surface area contributed by atoms with Gasteiger partial charge < -0.3 is 19.3 Å². The molecule has 1 aromatic carbocycles. The van der Waals surface area contributed by atoms with Crippen LogP contribution in [0.1, 0.15) is 24.8 Å². The van der Waals surface area contributed by atoms with E-state index in [2.05, 4.69) is 19.0 Å². The maximum absolute atomic E-state index is 12.9. The Bertz CT molecular complexity index is 596. The summed E-state index contributed by atoms with van der Waals surface area (Å²) < 4.78 is 10.9. The highest BCUT2D eigenvalue weighted by Crippen LogP contribution is 2.40. The summed E-state index contributed by atoms with van der Waals surface area (Å²) in [7, 11) is 7.42. The Morgan fingerprint density at radius 1 is 1.17 bits per heavy atom. The van der Waals surface area contributed by atoms with Gasteiger partial charge in [-0.2, -0.15) is 0 Å². The van der Waals surface area contributed by atoms with E-state index in [1.807, 2.05) is 17.0 Å². The Morgan fingerprint density at radius 2 is 1.83 bits per heavy atom. The van der Waals surface area contributed by atoms with Gasteiger partial charge in [0.15, 0.2) is 11.5 Å². The van der Waals surface area contributed by atoms with Crippen molar-refractivity contribution in [1.29, 1.82) is 0 Å². The van der Waals surface area contributed by atoms with Crippen LogP contribution in [0.5, 0.6) is 11.5 Å². The van der Waals surface area contributed by atoms with Crippen molar-refractivity contribution in [2.45, 2.75) is 31.7 Å². The number of benzene rings is 1. The monoisotopic (exact) mass is 318 g/mol. The lowest BCUT2D eigenvalue weighted by Crippen LogP contribution is -2.50. The lowest BCUT2D eigenvalue weighted by atomic mass is 9.83. The van der Waals surface area contributed by atoms with Crippen LogP contribution in [-0.2, 0) is 11.2 Å². The summed E-state index contributed by atoms with van der Waals surface area (Å²) in [5.41, 5.74) is 2.14. The summed E-state index contributed by atoms with van der Waals surface area (Å²) in [6, 6.07) is 4.30. The number of amides is 1. The van der Waals surface area contributed by atoms with Gasteiger partial charge >= 0.3 is 0 Å². The number of likely N-dealkylation sites (N-methyl/N-ethyl adjacent to an activating group) is 1. The molecule has 3 rings (SSSR count). The molecule has 23 heavy (non-hydrogen) atoms. The summed E-state index contributed by atoms with van der Waals surface area (Å²) in [5, 5.41) is 0. The molecule has 1 aliphatic heterocycles. The standard InChI is InChI=1S/C18H26N2O3/c1-19(2)14-8-13-9-16(22-3)17(23-4)10-15(13)20(11-14)18(21)12-6-5-7-12/h9-10,12,14H,5-8,11H2,1-4H3. The van der Waals surface area contributed by atoms with Crippen LogP contribution in [0, 0.1) is 5.92 Å². The Hall–Kier alpha value is -1.75. The first-order valence-electron chi connectivity index (χ1n) is 8.27. The van der Waals surface area contributed by atoms with Gasteiger partial charge in [-0.25, -0.2) is 0 Å². The number of hydrogen-bond acceptors (Lipinski definition) is 4. The van der Waals surface area contributed by atoms with Crippen LogP contribution >= 0.6 is 0 Å². The van der Waals surface area contributed by atoms with Crippen LogP contribution < -0.4 is 14.4 Å². The van der Waals surface area contributed by atoms with Gasteiger partial charge in [0.25, 0.3) is 0 Å². The maximum Gasteiger partial charge on any atom is 0.230 e. The average molecular weight is 318 g/mol. The van der Waals surface area contributed by atoms with Gasteiger partial charge in [-0.05, 0) is 45.0 Å². The van der Waals surface area contributed by atoms with E-state index in [0.717, 1.165) is 42.8 Å². The molecule has 0 bridgehead atoms. The van der Waals surface area contributed by atoms with E-state index in [9.17, 15) is 4.79 Å². The zero-order valence-electron chi connectivity index (χ0n) is 14.5. The molecule has 1 aliphatic carbocycles. The van der Waals surface area contributed by atoms with Crippen molar-refractivity contribution >= 4 is 11.6 Å². The molecule has 0 radical (unpaired) electrons. The smallest absolute Gasteiger partial charge is 0.230 e. The number of carbonyl (C=O) groups is 1. The molecule has 5 nitrogen and oxygen atoms in total. The number of nitrogens with zero attached hydrogens (tertiary/aromatic N) is 2. The van der Waals surface area contributed by atoms with E-state index in [1.54, 1.807) is 14.2 Å². The number of rotatable bonds is 4. The van der Waals surface area contributed by atoms with Crippen LogP contribution in [0.2, 0.25) is 0 Å². The molecule has 1 saturated carbocycles. The molecular weight excluding hydrogens is 292 g/mol. The minimum Gasteiger partial charge on any atom is -0.493 e. The molecule has 1 atom stereocenters. The summed E-state index contributed by atoms with van der Waals surface area (Å²) in [4.78, 5) is 17.1. The number of carbonyl (C=O) groups excluding carboxylic acids is 1. The molecule has 5 heteroatoms.